The molecule has 2 rings (SSSR count). The molecule has 0 aliphatic carbocycles. The molecule has 0 bridgehead atoms. The first kappa shape index (κ1) is 14.3. The topological polar surface area (TPSA) is 38.7 Å². The van der Waals surface area contributed by atoms with Crippen molar-refractivity contribution in [3.63, 3.8) is 0 Å². The zero-order valence-electron chi connectivity index (χ0n) is 11.0. The highest BCUT2D eigenvalue weighted by Gasteiger charge is 2.06. The maximum atomic E-state index is 11.4. The average molecular weight is 288 g/mol. The zero-order chi connectivity index (χ0) is 14.4. The van der Waals surface area contributed by atoms with Crippen molar-refractivity contribution in [3.8, 4) is 0 Å². The molecule has 0 spiro atoms. The minimum Gasteiger partial charge on any atom is -0.469 e. The number of para-hydroxylation sites is 1. The van der Waals surface area contributed by atoms with Gasteiger partial charge >= 0.3 is 5.97 Å². The maximum absolute atomic E-state index is 11.4. The van der Waals surface area contributed by atoms with Crippen molar-refractivity contribution in [1.29, 1.82) is 0 Å². The van der Waals surface area contributed by atoms with E-state index in [1.54, 1.807) is 6.21 Å². The van der Waals surface area contributed by atoms with Crippen molar-refractivity contribution >= 4 is 29.5 Å². The standard InChI is InChI=1S/C16H14ClNO2/c1-20-16(19)10-13-4-2-3-5-15(13)18-11-12-6-8-14(17)9-7-12/h2-9,11H,10H2,1H3. The summed E-state index contributed by atoms with van der Waals surface area (Å²) in [6, 6.07) is 14.9. The van der Waals surface area contributed by atoms with Crippen LogP contribution in [-0.4, -0.2) is 19.3 Å². The lowest BCUT2D eigenvalue weighted by atomic mass is 10.1. The molecule has 4 heteroatoms. The summed E-state index contributed by atoms with van der Waals surface area (Å²) in [5, 5.41) is 0.688. The number of nitrogens with zero attached hydrogens (tertiary/aromatic N) is 1. The Balaban J connectivity index is 2.20. The molecule has 2 aromatic rings. The van der Waals surface area contributed by atoms with E-state index in [1.807, 2.05) is 48.5 Å². The van der Waals surface area contributed by atoms with E-state index in [2.05, 4.69) is 9.73 Å². The molecule has 0 radical (unpaired) electrons. The fourth-order valence-electron chi connectivity index (χ4n) is 1.71. The largest absolute Gasteiger partial charge is 0.469 e. The Morgan fingerprint density at radius 3 is 2.60 bits per heavy atom. The number of rotatable bonds is 4. The van der Waals surface area contributed by atoms with Gasteiger partial charge in [0.1, 0.15) is 0 Å². The van der Waals surface area contributed by atoms with Gasteiger partial charge in [0.05, 0.1) is 19.2 Å². The van der Waals surface area contributed by atoms with E-state index in [0.29, 0.717) is 5.02 Å². The molecule has 0 aliphatic heterocycles. The molecule has 0 atom stereocenters. The summed E-state index contributed by atoms with van der Waals surface area (Å²) in [6.45, 7) is 0. The number of ether oxygens (including phenoxy) is 1. The van der Waals surface area contributed by atoms with Crippen LogP contribution in [-0.2, 0) is 16.0 Å². The second-order valence-electron chi connectivity index (χ2n) is 4.19. The van der Waals surface area contributed by atoms with Gasteiger partial charge in [-0.3, -0.25) is 9.79 Å². The highest BCUT2D eigenvalue weighted by Crippen LogP contribution is 2.19. The summed E-state index contributed by atoms with van der Waals surface area (Å²) in [7, 11) is 1.38. The van der Waals surface area contributed by atoms with Gasteiger partial charge in [0.2, 0.25) is 0 Å². The van der Waals surface area contributed by atoms with Crippen LogP contribution in [0.5, 0.6) is 0 Å². The van der Waals surface area contributed by atoms with Gasteiger partial charge in [0.25, 0.3) is 0 Å². The van der Waals surface area contributed by atoms with Gasteiger partial charge in [-0.15, -0.1) is 0 Å². The summed E-state index contributed by atoms with van der Waals surface area (Å²) < 4.78 is 4.68. The maximum Gasteiger partial charge on any atom is 0.310 e. The third-order valence-corrected chi connectivity index (χ3v) is 3.03. The molecule has 0 aliphatic rings. The lowest BCUT2D eigenvalue weighted by Crippen LogP contribution is -2.04. The van der Waals surface area contributed by atoms with Crippen molar-refractivity contribution in [3.05, 3.63) is 64.7 Å². The molecular weight excluding hydrogens is 274 g/mol. The molecular formula is C16H14ClNO2. The van der Waals surface area contributed by atoms with E-state index >= 15 is 0 Å². The van der Waals surface area contributed by atoms with Crippen LogP contribution in [0.2, 0.25) is 5.02 Å². The molecule has 102 valence electrons. The van der Waals surface area contributed by atoms with Crippen LogP contribution >= 0.6 is 11.6 Å². The quantitative estimate of drug-likeness (QED) is 0.633. The van der Waals surface area contributed by atoms with Gasteiger partial charge in [-0.1, -0.05) is 41.9 Å². The molecule has 0 saturated carbocycles. The van der Waals surface area contributed by atoms with Crippen molar-refractivity contribution in [2.24, 2.45) is 4.99 Å². The second-order valence-corrected chi connectivity index (χ2v) is 4.63. The summed E-state index contributed by atoms with van der Waals surface area (Å²) in [4.78, 5) is 15.8. The predicted molar refractivity (Wildman–Crippen MR) is 80.9 cm³/mol. The normalized spacial score (nSPS) is 10.7. The Morgan fingerprint density at radius 1 is 1.20 bits per heavy atom. The van der Waals surface area contributed by atoms with E-state index in [9.17, 15) is 4.79 Å². The first-order chi connectivity index (χ1) is 9.69. The van der Waals surface area contributed by atoms with Gasteiger partial charge in [-0.05, 0) is 29.3 Å². The van der Waals surface area contributed by atoms with Crippen molar-refractivity contribution in [2.45, 2.75) is 6.42 Å². The SMILES string of the molecule is COC(=O)Cc1ccccc1N=Cc1ccc(Cl)cc1. The molecule has 20 heavy (non-hydrogen) atoms. The molecule has 0 amide bonds. The smallest absolute Gasteiger partial charge is 0.310 e. The number of esters is 1. The zero-order valence-corrected chi connectivity index (χ0v) is 11.8. The Bertz CT molecular complexity index is 621. The number of carbonyl (C=O) groups excluding carboxylic acids is 1. The fraction of sp³-hybridized carbons (Fsp3) is 0.125. The minimum absolute atomic E-state index is 0.213. The van der Waals surface area contributed by atoms with Gasteiger partial charge in [0, 0.05) is 11.2 Å². The monoisotopic (exact) mass is 287 g/mol. The van der Waals surface area contributed by atoms with Gasteiger partial charge in [-0.2, -0.15) is 0 Å². The van der Waals surface area contributed by atoms with Crippen molar-refractivity contribution in [1.82, 2.24) is 0 Å². The molecule has 0 unspecified atom stereocenters. The molecule has 0 heterocycles. The van der Waals surface area contributed by atoms with Crippen molar-refractivity contribution in [2.75, 3.05) is 7.11 Å². The molecule has 2 aromatic carbocycles. The third-order valence-electron chi connectivity index (χ3n) is 2.78. The molecule has 0 aromatic heterocycles. The Hall–Kier alpha value is -2.13. The summed E-state index contributed by atoms with van der Waals surface area (Å²) >= 11 is 5.83. The first-order valence-electron chi connectivity index (χ1n) is 6.13. The number of hydrogen-bond acceptors (Lipinski definition) is 3. The van der Waals surface area contributed by atoms with Crippen LogP contribution in [0.15, 0.2) is 53.5 Å². The molecule has 0 N–H and O–H groups in total. The number of carbonyl (C=O) groups is 1. The van der Waals surface area contributed by atoms with Crippen molar-refractivity contribution < 1.29 is 9.53 Å². The fourth-order valence-corrected chi connectivity index (χ4v) is 1.83. The number of aliphatic imine (C=N–C) groups is 1. The highest BCUT2D eigenvalue weighted by molar-refractivity contribution is 6.30. The highest BCUT2D eigenvalue weighted by atomic mass is 35.5. The third kappa shape index (κ3) is 3.93. The summed E-state index contributed by atoms with van der Waals surface area (Å²) in [5.41, 5.74) is 2.54. The molecule has 0 saturated heterocycles. The van der Waals surface area contributed by atoms with Gasteiger partial charge < -0.3 is 4.74 Å². The number of methoxy groups -OCH3 is 1. The Morgan fingerprint density at radius 2 is 1.90 bits per heavy atom. The minimum atomic E-state index is -0.279. The Labute approximate surface area is 122 Å². The summed E-state index contributed by atoms with van der Waals surface area (Å²) in [6.07, 6.45) is 1.96. The molecule has 0 fully saturated rings. The summed E-state index contributed by atoms with van der Waals surface area (Å²) in [5.74, 6) is -0.279. The van der Waals surface area contributed by atoms with Crippen LogP contribution < -0.4 is 0 Å². The van der Waals surface area contributed by atoms with Crippen LogP contribution in [0.3, 0.4) is 0 Å². The van der Waals surface area contributed by atoms with Crippen LogP contribution in [0.4, 0.5) is 5.69 Å². The number of halogens is 1. The first-order valence-corrected chi connectivity index (χ1v) is 6.51. The number of hydrogen-bond donors (Lipinski definition) is 0. The lowest BCUT2D eigenvalue weighted by molar-refractivity contribution is -0.139. The van der Waals surface area contributed by atoms with E-state index in [0.717, 1.165) is 16.8 Å². The van der Waals surface area contributed by atoms with E-state index in [4.69, 9.17) is 11.6 Å². The van der Waals surface area contributed by atoms with E-state index in [-0.39, 0.29) is 12.4 Å². The Kier molecular flexibility index (Phi) is 4.91. The lowest BCUT2D eigenvalue weighted by Gasteiger charge is -2.04. The van der Waals surface area contributed by atoms with Gasteiger partial charge in [0.15, 0.2) is 0 Å². The molecule has 3 nitrogen and oxygen atoms in total. The predicted octanol–water partition coefficient (Wildman–Crippen LogP) is 3.81. The van der Waals surface area contributed by atoms with Crippen LogP contribution in [0.25, 0.3) is 0 Å². The van der Waals surface area contributed by atoms with Crippen LogP contribution in [0, 0.1) is 0 Å². The average Bonchev–Trinajstić information content (AvgIpc) is 2.48. The van der Waals surface area contributed by atoms with E-state index in [1.165, 1.54) is 7.11 Å². The second kappa shape index (κ2) is 6.87. The van der Waals surface area contributed by atoms with E-state index < -0.39 is 0 Å². The number of benzene rings is 2. The van der Waals surface area contributed by atoms with Gasteiger partial charge in [-0.25, -0.2) is 0 Å². The van der Waals surface area contributed by atoms with Crippen LogP contribution in [0.1, 0.15) is 11.1 Å².